The lowest BCUT2D eigenvalue weighted by Gasteiger charge is -2.15. The van der Waals surface area contributed by atoms with Gasteiger partial charge in [-0.25, -0.2) is 18.7 Å². The van der Waals surface area contributed by atoms with Gasteiger partial charge < -0.3 is 14.8 Å². The molecule has 0 atom stereocenters. The number of aromatic nitrogens is 2. The number of aryl methyl sites for hydroxylation is 1. The maximum Gasteiger partial charge on any atom is 0.232 e. The Kier molecular flexibility index (Phi) is 5.95. The summed E-state index contributed by atoms with van der Waals surface area (Å²) in [7, 11) is 1.51. The fourth-order valence-electron chi connectivity index (χ4n) is 2.54. The molecule has 142 valence electrons. The molecule has 0 spiro atoms. The molecule has 0 aliphatic rings. The molecule has 1 heterocycles. The Morgan fingerprint density at radius 1 is 1.15 bits per heavy atom. The number of hydrogen-bond donors (Lipinski definition) is 2. The highest BCUT2D eigenvalue weighted by Crippen LogP contribution is 2.32. The summed E-state index contributed by atoms with van der Waals surface area (Å²) < 4.78 is 37.1. The molecule has 0 aliphatic carbocycles. The second-order valence-electron chi connectivity index (χ2n) is 5.88. The molecule has 0 fully saturated rings. The van der Waals surface area contributed by atoms with Crippen molar-refractivity contribution in [1.29, 1.82) is 0 Å². The summed E-state index contributed by atoms with van der Waals surface area (Å²) in [5.74, 6) is -0.145. The van der Waals surface area contributed by atoms with Crippen LogP contribution < -0.4 is 14.8 Å². The first-order valence-electron chi connectivity index (χ1n) is 8.48. The number of ether oxygens (including phenoxy) is 1. The Bertz CT molecular complexity index is 968. The van der Waals surface area contributed by atoms with E-state index in [1.54, 1.807) is 12.1 Å². The highest BCUT2D eigenvalue weighted by Gasteiger charge is 2.16. The standard InChI is InChI=1S/C19H20F2N4OS/c1-4-9-27-25-14-6-5-12(20)19(17(14)21)23-13-7-8-15-18(11(13)2)24-16(26-3)10-22-15/h5-8,10,23,25H,4,9H2,1-3H3. The monoisotopic (exact) mass is 390 g/mol. The lowest BCUT2D eigenvalue weighted by molar-refractivity contribution is 0.397. The molecule has 27 heavy (non-hydrogen) atoms. The molecule has 0 aliphatic heterocycles. The van der Waals surface area contributed by atoms with E-state index < -0.39 is 11.6 Å². The van der Waals surface area contributed by atoms with E-state index >= 15 is 0 Å². The fourth-order valence-corrected chi connectivity index (χ4v) is 3.16. The van der Waals surface area contributed by atoms with E-state index in [9.17, 15) is 8.78 Å². The molecule has 8 heteroatoms. The lowest BCUT2D eigenvalue weighted by Crippen LogP contribution is -2.03. The van der Waals surface area contributed by atoms with Crippen LogP contribution >= 0.6 is 11.9 Å². The van der Waals surface area contributed by atoms with Crippen LogP contribution in [0.5, 0.6) is 5.88 Å². The molecule has 0 radical (unpaired) electrons. The quantitative estimate of drug-likeness (QED) is 0.414. The van der Waals surface area contributed by atoms with Crippen LogP contribution in [0.1, 0.15) is 18.9 Å². The number of benzene rings is 2. The van der Waals surface area contributed by atoms with Gasteiger partial charge in [0.2, 0.25) is 5.88 Å². The van der Waals surface area contributed by atoms with Crippen molar-refractivity contribution < 1.29 is 13.5 Å². The van der Waals surface area contributed by atoms with Crippen LogP contribution in [0.4, 0.5) is 25.8 Å². The minimum atomic E-state index is -0.672. The number of rotatable bonds is 7. The SMILES string of the molecule is CCCSNc1ccc(F)c(Nc2ccc3ncc(OC)nc3c2C)c1F. The highest BCUT2D eigenvalue weighted by atomic mass is 32.2. The van der Waals surface area contributed by atoms with Crippen LogP contribution in [0, 0.1) is 18.6 Å². The van der Waals surface area contributed by atoms with E-state index in [-0.39, 0.29) is 11.4 Å². The second kappa shape index (κ2) is 8.39. The molecule has 3 aromatic rings. The van der Waals surface area contributed by atoms with E-state index in [1.807, 2.05) is 13.8 Å². The van der Waals surface area contributed by atoms with Crippen molar-refractivity contribution in [2.75, 3.05) is 22.9 Å². The van der Waals surface area contributed by atoms with Crippen molar-refractivity contribution in [2.45, 2.75) is 20.3 Å². The Balaban J connectivity index is 1.97. The highest BCUT2D eigenvalue weighted by molar-refractivity contribution is 8.00. The smallest absolute Gasteiger partial charge is 0.232 e. The molecule has 0 amide bonds. The van der Waals surface area contributed by atoms with Gasteiger partial charge in [-0.15, -0.1) is 0 Å². The molecule has 3 rings (SSSR count). The van der Waals surface area contributed by atoms with Gasteiger partial charge in [0.05, 0.1) is 30.0 Å². The number of hydrogen-bond acceptors (Lipinski definition) is 6. The van der Waals surface area contributed by atoms with Gasteiger partial charge in [0.15, 0.2) is 5.82 Å². The minimum Gasteiger partial charge on any atom is -0.480 e. The maximum atomic E-state index is 14.8. The van der Waals surface area contributed by atoms with Crippen molar-refractivity contribution >= 4 is 40.0 Å². The predicted octanol–water partition coefficient (Wildman–Crippen LogP) is 5.44. The largest absolute Gasteiger partial charge is 0.480 e. The first-order valence-corrected chi connectivity index (χ1v) is 9.46. The first-order chi connectivity index (χ1) is 13.0. The zero-order chi connectivity index (χ0) is 19.4. The average molecular weight is 390 g/mol. The zero-order valence-corrected chi connectivity index (χ0v) is 16.1. The molecule has 2 aromatic carbocycles. The molecule has 0 unspecified atom stereocenters. The van der Waals surface area contributed by atoms with Gasteiger partial charge in [0, 0.05) is 17.0 Å². The van der Waals surface area contributed by atoms with E-state index in [0.29, 0.717) is 22.6 Å². The van der Waals surface area contributed by atoms with Gasteiger partial charge in [-0.1, -0.05) is 18.9 Å². The summed E-state index contributed by atoms with van der Waals surface area (Å²) in [6.45, 7) is 3.84. The van der Waals surface area contributed by atoms with Crippen molar-refractivity contribution in [2.24, 2.45) is 0 Å². The van der Waals surface area contributed by atoms with Crippen LogP contribution in [0.15, 0.2) is 30.5 Å². The Morgan fingerprint density at radius 3 is 2.67 bits per heavy atom. The van der Waals surface area contributed by atoms with Gasteiger partial charge in [0.1, 0.15) is 11.5 Å². The van der Waals surface area contributed by atoms with Crippen LogP contribution in [0.25, 0.3) is 11.0 Å². The first kappa shape index (κ1) is 19.2. The summed E-state index contributed by atoms with van der Waals surface area (Å²) in [4.78, 5) is 8.66. The van der Waals surface area contributed by atoms with Crippen molar-refractivity contribution in [3.63, 3.8) is 0 Å². The van der Waals surface area contributed by atoms with E-state index in [4.69, 9.17) is 4.74 Å². The summed E-state index contributed by atoms with van der Waals surface area (Å²) >= 11 is 1.38. The Morgan fingerprint density at radius 2 is 1.93 bits per heavy atom. The van der Waals surface area contributed by atoms with Crippen molar-refractivity contribution in [3.05, 3.63) is 47.7 Å². The van der Waals surface area contributed by atoms with Gasteiger partial charge in [-0.2, -0.15) is 0 Å². The molecule has 0 bridgehead atoms. The van der Waals surface area contributed by atoms with Gasteiger partial charge >= 0.3 is 0 Å². The third kappa shape index (κ3) is 4.05. The summed E-state index contributed by atoms with van der Waals surface area (Å²) in [6, 6.07) is 6.09. The van der Waals surface area contributed by atoms with Gasteiger partial charge in [-0.05, 0) is 37.6 Å². The van der Waals surface area contributed by atoms with Crippen LogP contribution in [-0.4, -0.2) is 22.8 Å². The van der Waals surface area contributed by atoms with E-state index in [1.165, 1.54) is 37.4 Å². The number of anilines is 3. The molecule has 0 saturated carbocycles. The Labute approximate surface area is 160 Å². The van der Waals surface area contributed by atoms with E-state index in [2.05, 4.69) is 20.0 Å². The molecule has 5 nitrogen and oxygen atoms in total. The minimum absolute atomic E-state index is 0.213. The predicted molar refractivity (Wildman–Crippen MR) is 107 cm³/mol. The molecule has 0 saturated heterocycles. The summed E-state index contributed by atoms with van der Waals surface area (Å²) in [6.07, 6.45) is 2.48. The summed E-state index contributed by atoms with van der Waals surface area (Å²) in [5.41, 5.74) is 2.56. The van der Waals surface area contributed by atoms with Crippen LogP contribution in [0.2, 0.25) is 0 Å². The van der Waals surface area contributed by atoms with Crippen molar-refractivity contribution in [3.8, 4) is 5.88 Å². The fraction of sp³-hybridized carbons (Fsp3) is 0.263. The van der Waals surface area contributed by atoms with Crippen LogP contribution in [0.3, 0.4) is 0 Å². The topological polar surface area (TPSA) is 59.1 Å². The molecule has 2 N–H and O–H groups in total. The Hall–Kier alpha value is -2.61. The van der Waals surface area contributed by atoms with E-state index in [0.717, 1.165) is 17.7 Å². The van der Waals surface area contributed by atoms with Crippen LogP contribution in [-0.2, 0) is 0 Å². The zero-order valence-electron chi connectivity index (χ0n) is 15.3. The lowest BCUT2D eigenvalue weighted by atomic mass is 10.1. The molecule has 1 aromatic heterocycles. The third-order valence-electron chi connectivity index (χ3n) is 3.99. The van der Waals surface area contributed by atoms with Gasteiger partial charge in [0.25, 0.3) is 0 Å². The third-order valence-corrected chi connectivity index (χ3v) is 4.97. The molecular formula is C19H20F2N4OS. The number of nitrogens with one attached hydrogen (secondary N) is 2. The second-order valence-corrected chi connectivity index (χ2v) is 6.78. The van der Waals surface area contributed by atoms with Gasteiger partial charge in [-0.3, -0.25) is 0 Å². The summed E-state index contributed by atoms with van der Waals surface area (Å²) in [5, 5.41) is 2.86. The average Bonchev–Trinajstić information content (AvgIpc) is 2.68. The number of nitrogens with zero attached hydrogens (tertiary/aromatic N) is 2. The normalized spacial score (nSPS) is 10.9. The van der Waals surface area contributed by atoms with Crippen molar-refractivity contribution in [1.82, 2.24) is 9.97 Å². The number of fused-ring (bicyclic) bond motifs is 1. The number of methoxy groups -OCH3 is 1. The number of halogens is 2. The maximum absolute atomic E-state index is 14.8. The molecular weight excluding hydrogens is 370 g/mol.